The zero-order valence-corrected chi connectivity index (χ0v) is 22.6. The van der Waals surface area contributed by atoms with Gasteiger partial charge in [-0.05, 0) is 48.1 Å². The van der Waals surface area contributed by atoms with Gasteiger partial charge in [-0.2, -0.15) is 0 Å². The van der Waals surface area contributed by atoms with Crippen molar-refractivity contribution in [3.05, 3.63) is 107 Å². The molecule has 4 aromatic rings. The van der Waals surface area contributed by atoms with Crippen LogP contribution in [-0.2, 0) is 25.6 Å². The Morgan fingerprint density at radius 3 is 2.18 bits per heavy atom. The van der Waals surface area contributed by atoms with Crippen LogP contribution in [-0.4, -0.2) is 34.7 Å². The van der Waals surface area contributed by atoms with Crippen molar-refractivity contribution in [3.63, 3.8) is 0 Å². The number of ether oxygens (including phenoxy) is 1. The number of nitrogens with two attached hydrogens (primary N) is 1. The first-order valence-electron chi connectivity index (χ1n) is 12.7. The molecular formula is C31H29N3O4S. The van der Waals surface area contributed by atoms with Crippen molar-refractivity contribution in [2.24, 2.45) is 5.16 Å². The molecule has 1 aliphatic carbocycles. The minimum Gasteiger partial charge on any atom is -0.460 e. The number of nitrogens with zero attached hydrogens (tertiary/aromatic N) is 2. The zero-order valence-electron chi connectivity index (χ0n) is 21.8. The first kappa shape index (κ1) is 26.3. The molecule has 3 aromatic carbocycles. The van der Waals surface area contributed by atoms with Crippen LogP contribution in [0.5, 0.6) is 0 Å². The fraction of sp³-hybridized carbons (Fsp3) is 0.226. The molecule has 0 saturated carbocycles. The van der Waals surface area contributed by atoms with E-state index in [2.05, 4.69) is 34.4 Å². The number of hydrogen-bond donors (Lipinski definition) is 1. The summed E-state index contributed by atoms with van der Waals surface area (Å²) in [7, 11) is 0. The average molecular weight is 540 g/mol. The van der Waals surface area contributed by atoms with Crippen LogP contribution in [0.3, 0.4) is 0 Å². The summed E-state index contributed by atoms with van der Waals surface area (Å²) in [6, 6.07) is 26.0. The third-order valence-electron chi connectivity index (χ3n) is 6.82. The Hall–Kier alpha value is -4.30. The van der Waals surface area contributed by atoms with Gasteiger partial charge in [-0.3, -0.25) is 4.79 Å². The Morgan fingerprint density at radius 2 is 1.56 bits per heavy atom. The van der Waals surface area contributed by atoms with Crippen molar-refractivity contribution in [3.8, 4) is 11.1 Å². The van der Waals surface area contributed by atoms with Crippen LogP contribution in [0.25, 0.3) is 11.1 Å². The predicted molar refractivity (Wildman–Crippen MR) is 153 cm³/mol. The van der Waals surface area contributed by atoms with Crippen LogP contribution < -0.4 is 5.73 Å². The van der Waals surface area contributed by atoms with Crippen molar-refractivity contribution < 1.29 is 19.2 Å². The van der Waals surface area contributed by atoms with E-state index >= 15 is 0 Å². The molecule has 0 unspecified atom stereocenters. The lowest BCUT2D eigenvalue weighted by molar-refractivity contribution is -0.142. The van der Waals surface area contributed by atoms with E-state index in [9.17, 15) is 9.59 Å². The molecule has 0 amide bonds. The van der Waals surface area contributed by atoms with Crippen molar-refractivity contribution in [2.45, 2.75) is 38.2 Å². The van der Waals surface area contributed by atoms with Gasteiger partial charge in [-0.1, -0.05) is 84.0 Å². The Morgan fingerprint density at radius 1 is 0.949 bits per heavy atom. The maximum absolute atomic E-state index is 13.3. The van der Waals surface area contributed by atoms with Gasteiger partial charge in [0, 0.05) is 17.7 Å². The van der Waals surface area contributed by atoms with Crippen LogP contribution in [0.2, 0.25) is 0 Å². The fourth-order valence-electron chi connectivity index (χ4n) is 4.67. The second-order valence-corrected chi connectivity index (χ2v) is 10.7. The van der Waals surface area contributed by atoms with E-state index in [0.717, 1.165) is 27.8 Å². The number of nitrogen functional groups attached to an aromatic ring is 1. The van der Waals surface area contributed by atoms with Gasteiger partial charge in [-0.25, -0.2) is 9.78 Å². The SMILES string of the molecule is CC(C)(O/N=C(\C(=O)OCC1c2ccccc2-c2ccccc21)c1csc(N)n1)C(=O)CCc1ccccc1. The van der Waals surface area contributed by atoms with E-state index in [0.29, 0.717) is 6.42 Å². The molecule has 8 heteroatoms. The van der Waals surface area contributed by atoms with Gasteiger partial charge >= 0.3 is 5.97 Å². The monoisotopic (exact) mass is 539 g/mol. The lowest BCUT2D eigenvalue weighted by Gasteiger charge is -2.21. The zero-order chi connectivity index (χ0) is 27.4. The first-order chi connectivity index (χ1) is 18.8. The van der Waals surface area contributed by atoms with Gasteiger partial charge in [0.25, 0.3) is 0 Å². The Balaban J connectivity index is 1.32. The lowest BCUT2D eigenvalue weighted by atomic mass is 9.97. The summed E-state index contributed by atoms with van der Waals surface area (Å²) in [6.45, 7) is 3.38. The molecule has 0 radical (unpaired) electrons. The molecule has 39 heavy (non-hydrogen) atoms. The summed E-state index contributed by atoms with van der Waals surface area (Å²) in [5, 5.41) is 5.99. The van der Waals surface area contributed by atoms with Gasteiger partial charge in [0.1, 0.15) is 12.3 Å². The third kappa shape index (κ3) is 5.76. The number of esters is 1. The molecule has 1 heterocycles. The largest absolute Gasteiger partial charge is 0.460 e. The highest BCUT2D eigenvalue weighted by molar-refractivity contribution is 7.13. The highest BCUT2D eigenvalue weighted by Crippen LogP contribution is 2.44. The number of ketones is 1. The quantitative estimate of drug-likeness (QED) is 0.156. The van der Waals surface area contributed by atoms with Gasteiger partial charge in [0.2, 0.25) is 5.71 Å². The summed E-state index contributed by atoms with van der Waals surface area (Å²) in [5.74, 6) is -0.950. The lowest BCUT2D eigenvalue weighted by Crippen LogP contribution is -2.34. The summed E-state index contributed by atoms with van der Waals surface area (Å²) < 4.78 is 5.79. The maximum Gasteiger partial charge on any atom is 0.362 e. The summed E-state index contributed by atoms with van der Waals surface area (Å²) in [4.78, 5) is 36.2. The van der Waals surface area contributed by atoms with Crippen molar-refractivity contribution >= 4 is 33.9 Å². The van der Waals surface area contributed by atoms with E-state index in [1.807, 2.05) is 54.6 Å². The number of hydrogen-bond acceptors (Lipinski definition) is 8. The molecule has 5 rings (SSSR count). The summed E-state index contributed by atoms with van der Waals surface area (Å²) in [6.07, 6.45) is 0.856. The minimum absolute atomic E-state index is 0.111. The van der Waals surface area contributed by atoms with E-state index in [1.165, 1.54) is 11.3 Å². The predicted octanol–water partition coefficient (Wildman–Crippen LogP) is 5.78. The third-order valence-corrected chi connectivity index (χ3v) is 7.50. The highest BCUT2D eigenvalue weighted by Gasteiger charge is 2.33. The van der Waals surface area contributed by atoms with E-state index in [-0.39, 0.29) is 41.3 Å². The van der Waals surface area contributed by atoms with E-state index in [1.54, 1.807) is 19.2 Å². The molecule has 0 fully saturated rings. The molecule has 0 bridgehead atoms. The fourth-order valence-corrected chi connectivity index (χ4v) is 5.21. The number of Topliss-reactive ketones (excluding diaryl/α,β-unsaturated/α-hetero) is 1. The standard InChI is InChI=1S/C31H29N3O4S/c1-31(2,27(35)17-16-20-10-4-3-5-11-20)38-34-28(26-19-39-30(32)33-26)29(36)37-18-25-23-14-8-6-12-21(23)22-13-7-9-15-24(22)25/h3-15,19,25H,16-18H2,1-2H3,(H2,32,33)/b34-28-. The number of aryl methyl sites for hydroxylation is 1. The molecular weight excluding hydrogens is 510 g/mol. The second-order valence-electron chi connectivity index (χ2n) is 9.85. The van der Waals surface area contributed by atoms with Crippen LogP contribution in [0.15, 0.2) is 89.4 Å². The Labute approximate surface area is 231 Å². The minimum atomic E-state index is -1.26. The van der Waals surface area contributed by atoms with E-state index in [4.69, 9.17) is 15.3 Å². The summed E-state index contributed by atoms with van der Waals surface area (Å²) >= 11 is 1.18. The molecule has 1 aromatic heterocycles. The highest BCUT2D eigenvalue weighted by atomic mass is 32.1. The Kier molecular flexibility index (Phi) is 7.56. The first-order valence-corrected chi connectivity index (χ1v) is 13.6. The number of benzene rings is 3. The number of thiazole rings is 1. The normalized spacial score (nSPS) is 13.0. The Bertz CT molecular complexity index is 1480. The van der Waals surface area contributed by atoms with Gasteiger partial charge in [0.15, 0.2) is 16.5 Å². The maximum atomic E-state index is 13.3. The van der Waals surface area contributed by atoms with Crippen molar-refractivity contribution in [2.75, 3.05) is 12.3 Å². The number of rotatable bonds is 10. The van der Waals surface area contributed by atoms with E-state index < -0.39 is 11.6 Å². The molecule has 1 aliphatic rings. The molecule has 0 saturated heterocycles. The van der Waals surface area contributed by atoms with Gasteiger partial charge in [-0.15, -0.1) is 11.3 Å². The van der Waals surface area contributed by atoms with Gasteiger partial charge in [0.05, 0.1) is 0 Å². The van der Waals surface area contributed by atoms with Crippen molar-refractivity contribution in [1.82, 2.24) is 4.98 Å². The molecule has 0 aliphatic heterocycles. The number of aromatic nitrogens is 1. The summed E-state index contributed by atoms with van der Waals surface area (Å²) in [5.41, 5.74) is 10.2. The molecule has 0 atom stereocenters. The molecule has 198 valence electrons. The molecule has 2 N–H and O–H groups in total. The number of fused-ring (bicyclic) bond motifs is 3. The van der Waals surface area contributed by atoms with Crippen LogP contribution in [0, 0.1) is 0 Å². The topological polar surface area (TPSA) is 104 Å². The number of anilines is 1. The second kappa shape index (κ2) is 11.2. The van der Waals surface area contributed by atoms with Crippen LogP contribution in [0.1, 0.15) is 48.6 Å². The molecule has 7 nitrogen and oxygen atoms in total. The number of carbonyl (C=O) groups excluding carboxylic acids is 2. The van der Waals surface area contributed by atoms with Crippen LogP contribution >= 0.6 is 11.3 Å². The number of carbonyl (C=O) groups is 2. The van der Waals surface area contributed by atoms with Crippen LogP contribution in [0.4, 0.5) is 5.13 Å². The van der Waals surface area contributed by atoms with Gasteiger partial charge < -0.3 is 15.3 Å². The number of oxime groups is 1. The smallest absolute Gasteiger partial charge is 0.362 e. The average Bonchev–Trinajstić information content (AvgIpc) is 3.52. The molecule has 0 spiro atoms. The van der Waals surface area contributed by atoms with Crippen molar-refractivity contribution in [1.29, 1.82) is 0 Å².